The lowest BCUT2D eigenvalue weighted by atomic mass is 9.95. The number of ether oxygens (including phenoxy) is 5. The fraction of sp³-hybridized carbons (Fsp3) is 0.464. The first kappa shape index (κ1) is 28.4. The Morgan fingerprint density at radius 2 is 1.42 bits per heavy atom. The van der Waals surface area contributed by atoms with Crippen LogP contribution >= 0.6 is 0 Å². The average molecular weight is 559 g/mol. The molecule has 4 rings (SSSR count). The summed E-state index contributed by atoms with van der Waals surface area (Å²) in [4.78, 5) is 13.1. The predicted molar refractivity (Wildman–Crippen MR) is 153 cm³/mol. The molecule has 1 atom stereocenters. The van der Waals surface area contributed by atoms with Crippen molar-refractivity contribution in [1.82, 2.24) is 0 Å². The third-order valence-corrected chi connectivity index (χ3v) is 9.65. The minimum absolute atomic E-state index is 0.109. The zero-order valence-electron chi connectivity index (χ0n) is 23.1. The van der Waals surface area contributed by atoms with Crippen molar-refractivity contribution >= 4 is 27.1 Å². The van der Waals surface area contributed by atoms with E-state index in [1.807, 2.05) is 0 Å². The Bertz CT molecular complexity index is 1320. The summed E-state index contributed by atoms with van der Waals surface area (Å²) >= 11 is 0. The van der Waals surface area contributed by atoms with Gasteiger partial charge in [-0.2, -0.15) is 0 Å². The van der Waals surface area contributed by atoms with Gasteiger partial charge in [-0.3, -0.25) is 0 Å². The first-order chi connectivity index (χ1) is 17.9. The summed E-state index contributed by atoms with van der Waals surface area (Å²) in [6.45, 7) is 15.3. The summed E-state index contributed by atoms with van der Waals surface area (Å²) in [6, 6.07) is 12.4. The summed E-state index contributed by atoms with van der Waals surface area (Å²) in [5.74, 6) is 1.37. The third kappa shape index (κ3) is 7.26. The molecule has 0 bridgehead atoms. The fourth-order valence-corrected chi connectivity index (χ4v) is 5.49. The smallest absolute Gasteiger partial charge is 0.344 e. The van der Waals surface area contributed by atoms with E-state index in [1.54, 1.807) is 36.4 Å². The molecule has 10 heteroatoms. The molecule has 0 radical (unpaired) electrons. The SMILES string of the molecule is C[Si](C)(C)CCOCOc1ccc2c(c1)OC(O)c1c-2c(=O)oc2cc(OCOCC[Si](C)(C)C)ccc12. The molecule has 1 aliphatic rings. The molecule has 2 aromatic carbocycles. The second kappa shape index (κ2) is 11.6. The fourth-order valence-electron chi connectivity index (χ4n) is 3.98. The summed E-state index contributed by atoms with van der Waals surface area (Å²) in [5, 5.41) is 11.4. The van der Waals surface area contributed by atoms with Gasteiger partial charge in [0.25, 0.3) is 0 Å². The van der Waals surface area contributed by atoms with Crippen molar-refractivity contribution in [3.63, 3.8) is 0 Å². The van der Waals surface area contributed by atoms with Crippen LogP contribution in [0.1, 0.15) is 11.9 Å². The van der Waals surface area contributed by atoms with Gasteiger partial charge in [0.05, 0.1) is 5.56 Å². The highest BCUT2D eigenvalue weighted by Gasteiger charge is 2.31. The van der Waals surface area contributed by atoms with E-state index in [2.05, 4.69) is 39.3 Å². The Morgan fingerprint density at radius 3 is 2.03 bits per heavy atom. The topological polar surface area (TPSA) is 96.6 Å². The van der Waals surface area contributed by atoms with Gasteiger partial charge in [-0.1, -0.05) is 39.3 Å². The first-order valence-electron chi connectivity index (χ1n) is 12.9. The molecule has 1 unspecified atom stereocenters. The predicted octanol–water partition coefficient (Wildman–Crippen LogP) is 6.23. The Morgan fingerprint density at radius 1 is 0.842 bits per heavy atom. The second-order valence-electron chi connectivity index (χ2n) is 11.9. The van der Waals surface area contributed by atoms with Crippen molar-refractivity contribution in [2.75, 3.05) is 26.8 Å². The standard InChI is InChI=1S/C28H38O8Si2/c1-37(2,3)13-11-31-17-33-19-7-9-21-23(15-19)35-27(29)26-22-10-8-20(16-24(22)36-28(30)25(21)26)34-18-32-12-14-38(4,5)6/h7-10,15-16,27,29H,11-14,17-18H2,1-6H3. The number of rotatable bonds is 12. The lowest BCUT2D eigenvalue weighted by molar-refractivity contribution is -0.0210. The van der Waals surface area contributed by atoms with Crippen LogP contribution in [0.2, 0.25) is 51.4 Å². The number of hydrogen-bond donors (Lipinski definition) is 1. The summed E-state index contributed by atoms with van der Waals surface area (Å²) < 4.78 is 34.0. The molecule has 206 valence electrons. The molecule has 38 heavy (non-hydrogen) atoms. The number of fused-ring (bicyclic) bond motifs is 5. The molecule has 3 aromatic rings. The molecule has 0 spiro atoms. The van der Waals surface area contributed by atoms with Gasteiger partial charge < -0.3 is 33.2 Å². The van der Waals surface area contributed by atoms with Crippen molar-refractivity contribution in [1.29, 1.82) is 0 Å². The van der Waals surface area contributed by atoms with E-state index in [1.165, 1.54) is 0 Å². The van der Waals surface area contributed by atoms with E-state index in [0.29, 0.717) is 52.6 Å². The lowest BCUT2D eigenvalue weighted by Gasteiger charge is -2.25. The van der Waals surface area contributed by atoms with Crippen molar-refractivity contribution in [2.24, 2.45) is 0 Å². The van der Waals surface area contributed by atoms with Crippen LogP contribution in [0.5, 0.6) is 17.2 Å². The van der Waals surface area contributed by atoms with E-state index >= 15 is 0 Å². The highest BCUT2D eigenvalue weighted by atomic mass is 28.3. The molecular formula is C28H38O8Si2. The summed E-state index contributed by atoms with van der Waals surface area (Å²) in [7, 11) is -2.34. The van der Waals surface area contributed by atoms with Gasteiger partial charge in [0, 0.05) is 58.0 Å². The van der Waals surface area contributed by atoms with E-state index in [0.717, 1.165) is 12.1 Å². The number of hydrogen-bond acceptors (Lipinski definition) is 8. The average Bonchev–Trinajstić information content (AvgIpc) is 2.81. The second-order valence-corrected chi connectivity index (χ2v) is 23.2. The van der Waals surface area contributed by atoms with Crippen LogP contribution in [-0.4, -0.2) is 48.1 Å². The maximum atomic E-state index is 13.1. The summed E-state index contributed by atoms with van der Waals surface area (Å²) in [6.07, 6.45) is -1.34. The Hall–Kier alpha value is -2.64. The number of aliphatic hydroxyl groups excluding tert-OH is 1. The summed E-state index contributed by atoms with van der Waals surface area (Å²) in [5.41, 5.74) is 0.902. The molecule has 0 aliphatic carbocycles. The molecule has 0 amide bonds. The zero-order valence-corrected chi connectivity index (χ0v) is 25.1. The molecular weight excluding hydrogens is 520 g/mol. The van der Waals surface area contributed by atoms with Gasteiger partial charge in [-0.25, -0.2) is 4.79 Å². The molecule has 0 saturated carbocycles. The van der Waals surface area contributed by atoms with Crippen molar-refractivity contribution in [3.05, 3.63) is 52.4 Å². The van der Waals surface area contributed by atoms with Gasteiger partial charge in [0.15, 0.2) is 13.6 Å². The van der Waals surface area contributed by atoms with Gasteiger partial charge in [-0.05, 0) is 36.4 Å². The van der Waals surface area contributed by atoms with Gasteiger partial charge in [0.1, 0.15) is 22.8 Å². The van der Waals surface area contributed by atoms with Crippen LogP contribution in [0.3, 0.4) is 0 Å². The van der Waals surface area contributed by atoms with Crippen LogP contribution < -0.4 is 19.8 Å². The van der Waals surface area contributed by atoms with Crippen LogP contribution in [0.25, 0.3) is 22.1 Å². The number of aliphatic hydroxyl groups is 1. The zero-order chi connectivity index (χ0) is 27.5. The third-order valence-electron chi connectivity index (χ3n) is 6.24. The Labute approximate surface area is 225 Å². The highest BCUT2D eigenvalue weighted by Crippen LogP contribution is 2.44. The molecule has 1 aliphatic heterocycles. The van der Waals surface area contributed by atoms with Crippen molar-refractivity contribution < 1.29 is 33.2 Å². The maximum Gasteiger partial charge on any atom is 0.344 e. The van der Waals surface area contributed by atoms with Crippen LogP contribution in [0, 0.1) is 0 Å². The molecule has 0 fully saturated rings. The van der Waals surface area contributed by atoms with Gasteiger partial charge in [-0.15, -0.1) is 0 Å². The van der Waals surface area contributed by atoms with E-state index in [4.69, 9.17) is 28.1 Å². The van der Waals surface area contributed by atoms with Crippen LogP contribution in [0.15, 0.2) is 45.6 Å². The largest absolute Gasteiger partial charge is 0.467 e. The van der Waals surface area contributed by atoms with Crippen molar-refractivity contribution in [3.8, 4) is 28.4 Å². The lowest BCUT2D eigenvalue weighted by Crippen LogP contribution is -2.22. The van der Waals surface area contributed by atoms with Gasteiger partial charge >= 0.3 is 5.63 Å². The van der Waals surface area contributed by atoms with E-state index < -0.39 is 28.1 Å². The van der Waals surface area contributed by atoms with E-state index in [9.17, 15) is 9.90 Å². The molecule has 1 N–H and O–H groups in total. The molecule has 1 aromatic heterocycles. The Balaban J connectivity index is 1.48. The van der Waals surface area contributed by atoms with Crippen molar-refractivity contribution in [2.45, 2.75) is 57.7 Å². The first-order valence-corrected chi connectivity index (χ1v) is 20.3. The number of benzene rings is 2. The monoisotopic (exact) mass is 558 g/mol. The molecule has 0 saturated heterocycles. The molecule has 2 heterocycles. The minimum Gasteiger partial charge on any atom is -0.467 e. The van der Waals surface area contributed by atoms with Gasteiger partial charge in [0.2, 0.25) is 6.29 Å². The van der Waals surface area contributed by atoms with E-state index in [-0.39, 0.29) is 19.1 Å². The Kier molecular flexibility index (Phi) is 8.68. The van der Waals surface area contributed by atoms with Crippen LogP contribution in [-0.2, 0) is 9.47 Å². The van der Waals surface area contributed by atoms with Crippen LogP contribution in [0.4, 0.5) is 0 Å². The molecule has 8 nitrogen and oxygen atoms in total. The maximum absolute atomic E-state index is 13.1. The minimum atomic E-state index is -1.34. The normalized spacial score (nSPS) is 15.1. The quantitative estimate of drug-likeness (QED) is 0.121. The highest BCUT2D eigenvalue weighted by molar-refractivity contribution is 6.76.